The van der Waals surface area contributed by atoms with Crippen molar-refractivity contribution in [1.82, 2.24) is 24.9 Å². The van der Waals surface area contributed by atoms with Crippen molar-refractivity contribution in [2.75, 3.05) is 5.73 Å². The lowest BCUT2D eigenvalue weighted by molar-refractivity contribution is 0.584. The molecule has 0 atom stereocenters. The summed E-state index contributed by atoms with van der Waals surface area (Å²) in [6.45, 7) is 0. The third-order valence-corrected chi connectivity index (χ3v) is 4.64. The summed E-state index contributed by atoms with van der Waals surface area (Å²) >= 11 is 0. The van der Waals surface area contributed by atoms with Crippen molar-refractivity contribution in [2.24, 2.45) is 0 Å². The third-order valence-electron chi connectivity index (χ3n) is 4.64. The second-order valence-electron chi connectivity index (χ2n) is 6.25. The highest BCUT2D eigenvalue weighted by Crippen LogP contribution is 2.40. The molecular formula is C21H18N6. The minimum absolute atomic E-state index is 0.495. The minimum Gasteiger partial charge on any atom is -0.384 e. The smallest absolute Gasteiger partial charge is 0.123 e. The van der Waals surface area contributed by atoms with Gasteiger partial charge in [0, 0.05) is 37.2 Å². The van der Waals surface area contributed by atoms with Crippen molar-refractivity contribution in [3.8, 4) is 0 Å². The van der Waals surface area contributed by atoms with Crippen LogP contribution in [0.1, 0.15) is 22.4 Å². The van der Waals surface area contributed by atoms with Crippen molar-refractivity contribution in [1.29, 1.82) is 0 Å². The molecule has 0 saturated heterocycles. The molecule has 0 aromatic carbocycles. The number of nitrogens with two attached hydrogens (primary N) is 1. The average molecular weight is 354 g/mol. The molecule has 0 aliphatic carbocycles. The van der Waals surface area contributed by atoms with Crippen LogP contribution in [-0.2, 0) is 11.8 Å². The molecule has 2 N–H and O–H groups in total. The maximum atomic E-state index is 5.77. The molecule has 4 heterocycles. The van der Waals surface area contributed by atoms with E-state index < -0.39 is 5.41 Å². The van der Waals surface area contributed by atoms with Crippen molar-refractivity contribution >= 4 is 5.82 Å². The van der Waals surface area contributed by atoms with Crippen LogP contribution in [0.25, 0.3) is 0 Å². The van der Waals surface area contributed by atoms with Gasteiger partial charge >= 0.3 is 0 Å². The number of aromatic nitrogens is 5. The first-order valence-corrected chi connectivity index (χ1v) is 8.57. The SMILES string of the molecule is Nc1ccc(CC(c2cccnc2)(c2cccnc2)c2ccncn2)cn1. The Morgan fingerprint density at radius 3 is 2.00 bits per heavy atom. The molecule has 0 radical (unpaired) electrons. The molecule has 4 aromatic heterocycles. The molecule has 132 valence electrons. The molecular weight excluding hydrogens is 336 g/mol. The van der Waals surface area contributed by atoms with Gasteiger partial charge in [-0.05, 0) is 47.4 Å². The van der Waals surface area contributed by atoms with E-state index in [0.29, 0.717) is 12.2 Å². The predicted molar refractivity (Wildman–Crippen MR) is 103 cm³/mol. The zero-order valence-corrected chi connectivity index (χ0v) is 14.6. The molecule has 6 nitrogen and oxygen atoms in total. The summed E-state index contributed by atoms with van der Waals surface area (Å²) in [5.74, 6) is 0.495. The molecule has 27 heavy (non-hydrogen) atoms. The number of nitrogen functional groups attached to an aromatic ring is 1. The molecule has 0 aliphatic heterocycles. The fourth-order valence-electron chi connectivity index (χ4n) is 3.38. The molecule has 0 amide bonds. The van der Waals surface area contributed by atoms with Crippen LogP contribution < -0.4 is 5.73 Å². The molecule has 6 heteroatoms. The van der Waals surface area contributed by atoms with Gasteiger partial charge < -0.3 is 5.73 Å². The predicted octanol–water partition coefficient (Wildman–Crippen LogP) is 2.82. The van der Waals surface area contributed by atoms with Crippen LogP contribution in [0.15, 0.2) is 86.0 Å². The van der Waals surface area contributed by atoms with E-state index >= 15 is 0 Å². The largest absolute Gasteiger partial charge is 0.384 e. The van der Waals surface area contributed by atoms with E-state index in [0.717, 1.165) is 22.4 Å². The average Bonchev–Trinajstić information content (AvgIpc) is 2.75. The van der Waals surface area contributed by atoms with Gasteiger partial charge in [0.2, 0.25) is 0 Å². The van der Waals surface area contributed by atoms with Crippen LogP contribution in [0, 0.1) is 0 Å². The van der Waals surface area contributed by atoms with Crippen molar-refractivity contribution in [3.05, 3.63) is 108 Å². The highest BCUT2D eigenvalue weighted by molar-refractivity contribution is 5.48. The van der Waals surface area contributed by atoms with E-state index in [-0.39, 0.29) is 0 Å². The second kappa shape index (κ2) is 7.29. The maximum absolute atomic E-state index is 5.77. The molecule has 0 bridgehead atoms. The number of hydrogen-bond acceptors (Lipinski definition) is 6. The molecule has 4 aromatic rings. The highest BCUT2D eigenvalue weighted by Gasteiger charge is 2.38. The van der Waals surface area contributed by atoms with Crippen LogP contribution >= 0.6 is 0 Å². The van der Waals surface area contributed by atoms with Crippen LogP contribution in [-0.4, -0.2) is 24.9 Å². The number of hydrogen-bond donors (Lipinski definition) is 1. The van der Waals surface area contributed by atoms with Crippen LogP contribution in [0.2, 0.25) is 0 Å². The van der Waals surface area contributed by atoms with Crippen LogP contribution in [0.3, 0.4) is 0 Å². The van der Waals surface area contributed by atoms with E-state index in [4.69, 9.17) is 5.73 Å². The summed E-state index contributed by atoms with van der Waals surface area (Å²) in [6, 6.07) is 13.7. The van der Waals surface area contributed by atoms with Gasteiger partial charge in [-0.3, -0.25) is 9.97 Å². The van der Waals surface area contributed by atoms with Crippen LogP contribution in [0.4, 0.5) is 5.82 Å². The lowest BCUT2D eigenvalue weighted by Gasteiger charge is -2.34. The number of rotatable bonds is 5. The second-order valence-corrected chi connectivity index (χ2v) is 6.25. The van der Waals surface area contributed by atoms with Gasteiger partial charge in [0.25, 0.3) is 0 Å². The summed E-state index contributed by atoms with van der Waals surface area (Å²) in [7, 11) is 0. The molecule has 0 unspecified atom stereocenters. The fourth-order valence-corrected chi connectivity index (χ4v) is 3.38. The Morgan fingerprint density at radius 1 is 0.741 bits per heavy atom. The molecule has 0 fully saturated rings. The molecule has 0 aliphatic rings. The van der Waals surface area contributed by atoms with E-state index in [9.17, 15) is 0 Å². The first-order chi connectivity index (χ1) is 13.3. The zero-order valence-electron chi connectivity index (χ0n) is 14.6. The highest BCUT2D eigenvalue weighted by atomic mass is 14.8. The zero-order chi connectivity index (χ0) is 18.5. The first kappa shape index (κ1) is 16.8. The van der Waals surface area contributed by atoms with E-state index in [1.807, 2.05) is 42.7 Å². The topological polar surface area (TPSA) is 90.5 Å². The van der Waals surface area contributed by atoms with Gasteiger partial charge in [-0.15, -0.1) is 0 Å². The van der Waals surface area contributed by atoms with E-state index in [2.05, 4.69) is 37.1 Å². The van der Waals surface area contributed by atoms with Crippen molar-refractivity contribution < 1.29 is 0 Å². The van der Waals surface area contributed by atoms with E-state index in [1.54, 1.807) is 31.1 Å². The third kappa shape index (κ3) is 3.25. The Balaban J connectivity index is 1.98. The standard InChI is InChI=1S/C21H18N6/c22-20-6-5-16(12-26-20)11-21(17-3-1-8-23-13-17,18-4-2-9-24-14-18)19-7-10-25-15-27-19/h1-10,12-15H,11H2,(H2,22,26). The van der Waals surface area contributed by atoms with Crippen molar-refractivity contribution in [3.63, 3.8) is 0 Å². The summed E-state index contributed by atoms with van der Waals surface area (Å²) in [4.78, 5) is 21.7. The summed E-state index contributed by atoms with van der Waals surface area (Å²) < 4.78 is 0. The molecule has 0 saturated carbocycles. The summed E-state index contributed by atoms with van der Waals surface area (Å²) in [5, 5.41) is 0. The summed E-state index contributed by atoms with van der Waals surface area (Å²) in [6.07, 6.45) is 13.0. The molecule has 4 rings (SSSR count). The van der Waals surface area contributed by atoms with Crippen LogP contribution in [0.5, 0.6) is 0 Å². The Labute approximate surface area is 157 Å². The fraction of sp³-hybridized carbons (Fsp3) is 0.0952. The monoisotopic (exact) mass is 354 g/mol. The quantitative estimate of drug-likeness (QED) is 0.593. The molecule has 0 spiro atoms. The van der Waals surface area contributed by atoms with E-state index in [1.165, 1.54) is 0 Å². The lowest BCUT2D eigenvalue weighted by atomic mass is 9.69. The van der Waals surface area contributed by atoms with Gasteiger partial charge in [-0.25, -0.2) is 15.0 Å². The van der Waals surface area contributed by atoms with Gasteiger partial charge in [0.1, 0.15) is 12.1 Å². The number of anilines is 1. The Kier molecular flexibility index (Phi) is 4.53. The normalized spacial score (nSPS) is 11.3. The first-order valence-electron chi connectivity index (χ1n) is 8.57. The Morgan fingerprint density at radius 2 is 1.48 bits per heavy atom. The lowest BCUT2D eigenvalue weighted by Crippen LogP contribution is -2.33. The van der Waals surface area contributed by atoms with Crippen molar-refractivity contribution in [2.45, 2.75) is 11.8 Å². The van der Waals surface area contributed by atoms with Gasteiger partial charge in [-0.1, -0.05) is 18.2 Å². The van der Waals surface area contributed by atoms with Gasteiger partial charge in [-0.2, -0.15) is 0 Å². The Hall–Kier alpha value is -3.67. The maximum Gasteiger partial charge on any atom is 0.123 e. The number of nitrogens with zero attached hydrogens (tertiary/aromatic N) is 5. The summed E-state index contributed by atoms with van der Waals surface area (Å²) in [5.41, 5.74) is 9.14. The van der Waals surface area contributed by atoms with Gasteiger partial charge in [0.15, 0.2) is 0 Å². The number of pyridine rings is 3. The Bertz CT molecular complexity index is 892. The minimum atomic E-state index is -0.580. The van der Waals surface area contributed by atoms with Gasteiger partial charge in [0.05, 0.1) is 11.1 Å².